The van der Waals surface area contributed by atoms with E-state index in [1.165, 1.54) is 16.9 Å². The number of rotatable bonds is 7. The van der Waals surface area contributed by atoms with Gasteiger partial charge in [-0.2, -0.15) is 0 Å². The lowest BCUT2D eigenvalue weighted by atomic mass is 10.1. The highest BCUT2D eigenvalue weighted by Crippen LogP contribution is 2.23. The van der Waals surface area contributed by atoms with Gasteiger partial charge in [0, 0.05) is 11.3 Å². The molecule has 0 saturated heterocycles. The van der Waals surface area contributed by atoms with Crippen LogP contribution in [-0.4, -0.2) is 13.1 Å². The molecular weight excluding hydrogens is 238 g/mol. The molecule has 0 saturated carbocycles. The average Bonchev–Trinajstić information content (AvgIpc) is 2.63. The van der Waals surface area contributed by atoms with E-state index in [-0.39, 0.29) is 0 Å². The fourth-order valence-corrected chi connectivity index (χ4v) is 2.70. The fraction of sp³-hybridized carbons (Fsp3) is 0.538. The Hall–Kier alpha value is -0.310. The zero-order valence-corrected chi connectivity index (χ0v) is 11.6. The minimum atomic E-state index is 0.882. The smallest absolute Gasteiger partial charge is 0.0931 e. The summed E-state index contributed by atoms with van der Waals surface area (Å²) in [5, 5.41) is 3.40. The standard InChI is InChI=1S/C13H20ClNS/c1-3-8-15-9-4-5-11(2)10-12-6-7-13(14)16-12/h5-7,15H,3-4,8-10H2,1-2H3. The van der Waals surface area contributed by atoms with Gasteiger partial charge in [0.1, 0.15) is 0 Å². The van der Waals surface area contributed by atoms with Gasteiger partial charge in [-0.25, -0.2) is 0 Å². The van der Waals surface area contributed by atoms with Crippen LogP contribution in [0, 0.1) is 0 Å². The molecule has 0 amide bonds. The first-order valence-electron chi connectivity index (χ1n) is 5.83. The molecule has 0 aliphatic heterocycles. The van der Waals surface area contributed by atoms with Crippen molar-refractivity contribution in [1.29, 1.82) is 0 Å². The summed E-state index contributed by atoms with van der Waals surface area (Å²) < 4.78 is 0.882. The predicted octanol–water partition coefficient (Wildman–Crippen LogP) is 4.28. The molecule has 0 fully saturated rings. The number of hydrogen-bond acceptors (Lipinski definition) is 2. The normalized spacial score (nSPS) is 12.1. The number of thiophene rings is 1. The molecule has 90 valence electrons. The molecule has 0 spiro atoms. The number of halogens is 1. The fourth-order valence-electron chi connectivity index (χ4n) is 1.52. The largest absolute Gasteiger partial charge is 0.316 e. The van der Waals surface area contributed by atoms with Crippen molar-refractivity contribution in [1.82, 2.24) is 5.32 Å². The van der Waals surface area contributed by atoms with Crippen LogP contribution in [0.5, 0.6) is 0 Å². The van der Waals surface area contributed by atoms with E-state index in [2.05, 4.69) is 31.3 Å². The maximum absolute atomic E-state index is 5.89. The van der Waals surface area contributed by atoms with Crippen LogP contribution in [0.15, 0.2) is 23.8 Å². The molecular formula is C13H20ClNS. The van der Waals surface area contributed by atoms with Gasteiger partial charge in [0.25, 0.3) is 0 Å². The first-order chi connectivity index (χ1) is 7.72. The lowest BCUT2D eigenvalue weighted by Gasteiger charge is -2.01. The summed E-state index contributed by atoms with van der Waals surface area (Å²) in [4.78, 5) is 1.35. The van der Waals surface area contributed by atoms with Crippen molar-refractivity contribution >= 4 is 22.9 Å². The minimum Gasteiger partial charge on any atom is -0.316 e. The molecule has 0 radical (unpaired) electrons. The molecule has 0 aliphatic carbocycles. The van der Waals surface area contributed by atoms with Gasteiger partial charge in [0.2, 0.25) is 0 Å². The molecule has 0 bridgehead atoms. The molecule has 0 atom stereocenters. The predicted molar refractivity (Wildman–Crippen MR) is 74.6 cm³/mol. The van der Waals surface area contributed by atoms with Crippen LogP contribution in [-0.2, 0) is 6.42 Å². The molecule has 1 aromatic heterocycles. The second-order valence-corrected chi connectivity index (χ2v) is 5.77. The van der Waals surface area contributed by atoms with E-state index < -0.39 is 0 Å². The van der Waals surface area contributed by atoms with Crippen molar-refractivity contribution in [3.63, 3.8) is 0 Å². The molecule has 0 aliphatic rings. The third-order valence-electron chi connectivity index (χ3n) is 2.32. The van der Waals surface area contributed by atoms with Gasteiger partial charge < -0.3 is 5.32 Å². The number of nitrogens with one attached hydrogen (secondary N) is 1. The van der Waals surface area contributed by atoms with Gasteiger partial charge in [-0.3, -0.25) is 0 Å². The second-order valence-electron chi connectivity index (χ2n) is 3.97. The van der Waals surface area contributed by atoms with E-state index in [0.29, 0.717) is 0 Å². The van der Waals surface area contributed by atoms with E-state index in [4.69, 9.17) is 11.6 Å². The van der Waals surface area contributed by atoms with Gasteiger partial charge in [-0.05, 0) is 45.0 Å². The Bertz CT molecular complexity index is 330. The molecule has 0 unspecified atom stereocenters. The first kappa shape index (κ1) is 13.8. The maximum Gasteiger partial charge on any atom is 0.0931 e. The zero-order chi connectivity index (χ0) is 11.8. The third kappa shape index (κ3) is 5.69. The summed E-state index contributed by atoms with van der Waals surface area (Å²) in [6.45, 7) is 6.58. The maximum atomic E-state index is 5.89. The lowest BCUT2D eigenvalue weighted by molar-refractivity contribution is 0.677. The molecule has 1 N–H and O–H groups in total. The third-order valence-corrected chi connectivity index (χ3v) is 3.55. The zero-order valence-electron chi connectivity index (χ0n) is 10.1. The number of allylic oxidation sites excluding steroid dienone is 1. The van der Waals surface area contributed by atoms with Gasteiger partial charge in [-0.15, -0.1) is 11.3 Å². The van der Waals surface area contributed by atoms with Gasteiger partial charge in [0.05, 0.1) is 4.34 Å². The Morgan fingerprint density at radius 1 is 1.44 bits per heavy atom. The molecule has 1 heterocycles. The van der Waals surface area contributed by atoms with Crippen LogP contribution >= 0.6 is 22.9 Å². The van der Waals surface area contributed by atoms with E-state index in [9.17, 15) is 0 Å². The van der Waals surface area contributed by atoms with Crippen molar-refractivity contribution in [2.75, 3.05) is 13.1 Å². The van der Waals surface area contributed by atoms with Crippen molar-refractivity contribution in [3.8, 4) is 0 Å². The minimum absolute atomic E-state index is 0.882. The SMILES string of the molecule is CCCNCCC=C(C)Cc1ccc(Cl)s1. The quantitative estimate of drug-likeness (QED) is 0.568. The highest BCUT2D eigenvalue weighted by atomic mass is 35.5. The highest BCUT2D eigenvalue weighted by Gasteiger charge is 1.98. The summed E-state index contributed by atoms with van der Waals surface area (Å²) in [6.07, 6.45) is 5.67. The van der Waals surface area contributed by atoms with Crippen LogP contribution < -0.4 is 5.32 Å². The van der Waals surface area contributed by atoms with E-state index in [1.807, 2.05) is 6.07 Å². The van der Waals surface area contributed by atoms with Crippen molar-refractivity contribution in [3.05, 3.63) is 33.0 Å². The first-order valence-corrected chi connectivity index (χ1v) is 7.02. The van der Waals surface area contributed by atoms with Crippen LogP contribution in [0.25, 0.3) is 0 Å². The van der Waals surface area contributed by atoms with E-state index in [1.54, 1.807) is 11.3 Å². The summed E-state index contributed by atoms with van der Waals surface area (Å²) in [7, 11) is 0. The number of hydrogen-bond donors (Lipinski definition) is 1. The van der Waals surface area contributed by atoms with Crippen molar-refractivity contribution < 1.29 is 0 Å². The molecule has 3 heteroatoms. The Labute approximate surface area is 108 Å². The topological polar surface area (TPSA) is 12.0 Å². The van der Waals surface area contributed by atoms with Gasteiger partial charge >= 0.3 is 0 Å². The van der Waals surface area contributed by atoms with Crippen LogP contribution in [0.2, 0.25) is 4.34 Å². The molecule has 1 aromatic rings. The molecule has 16 heavy (non-hydrogen) atoms. The molecule has 0 aromatic carbocycles. The van der Waals surface area contributed by atoms with Crippen LogP contribution in [0.3, 0.4) is 0 Å². The van der Waals surface area contributed by atoms with E-state index in [0.717, 1.165) is 30.3 Å². The highest BCUT2D eigenvalue weighted by molar-refractivity contribution is 7.16. The van der Waals surface area contributed by atoms with E-state index >= 15 is 0 Å². The van der Waals surface area contributed by atoms with Gasteiger partial charge in [0.15, 0.2) is 0 Å². The second kappa shape index (κ2) is 7.88. The van der Waals surface area contributed by atoms with Crippen LogP contribution in [0.1, 0.15) is 31.6 Å². The monoisotopic (exact) mass is 257 g/mol. The summed E-state index contributed by atoms with van der Waals surface area (Å²) in [6, 6.07) is 4.08. The van der Waals surface area contributed by atoms with Crippen LogP contribution in [0.4, 0.5) is 0 Å². The van der Waals surface area contributed by atoms with Crippen molar-refractivity contribution in [2.45, 2.75) is 33.1 Å². The molecule has 1 rings (SSSR count). The average molecular weight is 258 g/mol. The summed E-state index contributed by atoms with van der Waals surface area (Å²) in [5.41, 5.74) is 1.43. The molecule has 1 nitrogen and oxygen atoms in total. The summed E-state index contributed by atoms with van der Waals surface area (Å²) >= 11 is 7.57. The Kier molecular flexibility index (Phi) is 6.78. The van der Waals surface area contributed by atoms with Crippen molar-refractivity contribution in [2.24, 2.45) is 0 Å². The Morgan fingerprint density at radius 3 is 2.88 bits per heavy atom. The lowest BCUT2D eigenvalue weighted by Crippen LogP contribution is -2.15. The Morgan fingerprint density at radius 2 is 2.25 bits per heavy atom. The van der Waals surface area contributed by atoms with Gasteiger partial charge in [-0.1, -0.05) is 30.2 Å². The summed E-state index contributed by atoms with van der Waals surface area (Å²) in [5.74, 6) is 0. The Balaban J connectivity index is 2.23.